The number of anilines is 1. The molecule has 1 saturated carbocycles. The molecule has 1 amide bonds. The van der Waals surface area contributed by atoms with Crippen LogP contribution >= 0.6 is 0 Å². The number of hydrogen-bond donors (Lipinski definition) is 2. The summed E-state index contributed by atoms with van der Waals surface area (Å²) in [5, 5.41) is 6.24. The Kier molecular flexibility index (Phi) is 4.26. The van der Waals surface area contributed by atoms with Gasteiger partial charge in [0.2, 0.25) is 0 Å². The third kappa shape index (κ3) is 3.96. The Balaban J connectivity index is 2.12. The molecule has 4 nitrogen and oxygen atoms in total. The van der Waals surface area contributed by atoms with Crippen LogP contribution in [-0.2, 0) is 0 Å². The zero-order valence-corrected chi connectivity index (χ0v) is 13.8. The number of rotatable bonds is 3. The molecule has 21 heavy (non-hydrogen) atoms. The zero-order chi connectivity index (χ0) is 15.7. The van der Waals surface area contributed by atoms with Crippen LogP contribution in [-0.4, -0.2) is 24.0 Å². The summed E-state index contributed by atoms with van der Waals surface area (Å²) in [6.07, 6.45) is 6.60. The van der Waals surface area contributed by atoms with Gasteiger partial charge in [-0.2, -0.15) is 0 Å². The Hall–Kier alpha value is -1.58. The van der Waals surface area contributed by atoms with Gasteiger partial charge in [0.25, 0.3) is 5.91 Å². The lowest BCUT2D eigenvalue weighted by Crippen LogP contribution is -2.46. The summed E-state index contributed by atoms with van der Waals surface area (Å²) in [6.45, 7) is 9.16. The van der Waals surface area contributed by atoms with Gasteiger partial charge in [0, 0.05) is 19.3 Å². The zero-order valence-electron chi connectivity index (χ0n) is 13.8. The van der Waals surface area contributed by atoms with Gasteiger partial charge in [-0.25, -0.2) is 0 Å². The van der Waals surface area contributed by atoms with E-state index in [0.717, 1.165) is 18.5 Å². The summed E-state index contributed by atoms with van der Waals surface area (Å²) in [5.41, 5.74) is 1.96. The van der Waals surface area contributed by atoms with Crippen molar-refractivity contribution in [3.05, 3.63) is 24.0 Å². The highest BCUT2D eigenvalue weighted by molar-refractivity contribution is 5.99. The first kappa shape index (κ1) is 15.8. The van der Waals surface area contributed by atoms with E-state index < -0.39 is 0 Å². The van der Waals surface area contributed by atoms with Gasteiger partial charge in [0.15, 0.2) is 0 Å². The van der Waals surface area contributed by atoms with Crippen molar-refractivity contribution in [2.75, 3.05) is 12.4 Å². The van der Waals surface area contributed by atoms with Crippen molar-refractivity contribution in [2.45, 2.75) is 53.0 Å². The van der Waals surface area contributed by atoms with Crippen LogP contribution < -0.4 is 10.6 Å². The van der Waals surface area contributed by atoms with Crippen LogP contribution in [0.3, 0.4) is 0 Å². The summed E-state index contributed by atoms with van der Waals surface area (Å²) in [4.78, 5) is 16.6. The quantitative estimate of drug-likeness (QED) is 0.896. The lowest BCUT2D eigenvalue weighted by atomic mass is 9.63. The molecule has 0 aromatic carbocycles. The number of nitrogens with one attached hydrogen (secondary N) is 2. The first-order chi connectivity index (χ1) is 9.72. The van der Waals surface area contributed by atoms with E-state index in [0.29, 0.717) is 5.56 Å². The van der Waals surface area contributed by atoms with Crippen LogP contribution in [0.1, 0.15) is 57.3 Å². The van der Waals surface area contributed by atoms with E-state index in [9.17, 15) is 4.79 Å². The van der Waals surface area contributed by atoms with Crippen LogP contribution in [0.2, 0.25) is 0 Å². The minimum absolute atomic E-state index is 0.0137. The third-order valence-electron chi connectivity index (χ3n) is 4.23. The average Bonchev–Trinajstić information content (AvgIpc) is 2.34. The van der Waals surface area contributed by atoms with Crippen molar-refractivity contribution in [3.8, 4) is 0 Å². The third-order valence-corrected chi connectivity index (χ3v) is 4.23. The van der Waals surface area contributed by atoms with E-state index in [1.165, 1.54) is 6.42 Å². The Bertz CT molecular complexity index is 507. The van der Waals surface area contributed by atoms with E-state index in [4.69, 9.17) is 0 Å². The predicted molar refractivity (Wildman–Crippen MR) is 86.5 cm³/mol. The van der Waals surface area contributed by atoms with Gasteiger partial charge in [0.1, 0.15) is 0 Å². The molecule has 1 aromatic rings. The number of amides is 1. The first-order valence-electron chi connectivity index (χ1n) is 7.65. The molecule has 0 unspecified atom stereocenters. The normalized spacial score (nSPS) is 20.8. The van der Waals surface area contributed by atoms with Crippen LogP contribution in [0.15, 0.2) is 18.5 Å². The molecule has 116 valence electrons. The molecule has 1 fully saturated rings. The molecular formula is C17H27N3O. The van der Waals surface area contributed by atoms with E-state index in [2.05, 4.69) is 43.3 Å². The number of carbonyl (C=O) groups is 1. The Morgan fingerprint density at radius 1 is 1.24 bits per heavy atom. The van der Waals surface area contributed by atoms with Gasteiger partial charge in [-0.1, -0.05) is 27.7 Å². The largest absolute Gasteiger partial charge is 0.386 e. The molecule has 0 saturated heterocycles. The molecule has 0 radical (unpaired) electrons. The number of hydrogen-bond acceptors (Lipinski definition) is 3. The highest BCUT2D eigenvalue weighted by Gasteiger charge is 2.39. The van der Waals surface area contributed by atoms with E-state index >= 15 is 0 Å². The van der Waals surface area contributed by atoms with Crippen molar-refractivity contribution in [1.82, 2.24) is 10.3 Å². The van der Waals surface area contributed by atoms with Gasteiger partial charge in [-0.3, -0.25) is 9.78 Å². The topological polar surface area (TPSA) is 54.0 Å². The van der Waals surface area contributed by atoms with Crippen molar-refractivity contribution in [1.29, 1.82) is 0 Å². The fourth-order valence-corrected chi connectivity index (χ4v) is 4.00. The van der Waals surface area contributed by atoms with Crippen molar-refractivity contribution in [3.63, 3.8) is 0 Å². The van der Waals surface area contributed by atoms with Gasteiger partial charge < -0.3 is 10.6 Å². The molecule has 0 bridgehead atoms. The van der Waals surface area contributed by atoms with E-state index in [1.807, 2.05) is 0 Å². The van der Waals surface area contributed by atoms with Gasteiger partial charge in [-0.05, 0) is 36.2 Å². The fourth-order valence-electron chi connectivity index (χ4n) is 4.00. The standard InChI is InChI=1S/C17H27N3O/c1-16(2)8-12(9-17(3,4)11-16)20-15(21)13-6-7-19-10-14(13)18-5/h6-7,10,12,18H,8-9,11H2,1-5H3,(H,20,21). The summed E-state index contributed by atoms with van der Waals surface area (Å²) >= 11 is 0. The molecule has 1 aliphatic rings. The molecule has 0 atom stereocenters. The predicted octanol–water partition coefficient (Wildman–Crippen LogP) is 3.46. The maximum Gasteiger partial charge on any atom is 0.253 e. The maximum absolute atomic E-state index is 12.5. The monoisotopic (exact) mass is 289 g/mol. The minimum Gasteiger partial charge on any atom is -0.386 e. The van der Waals surface area contributed by atoms with E-state index in [1.54, 1.807) is 25.5 Å². The molecule has 0 spiro atoms. The molecule has 1 heterocycles. The number of carbonyl (C=O) groups excluding carboxylic acids is 1. The van der Waals surface area contributed by atoms with Crippen molar-refractivity contribution < 1.29 is 4.79 Å². The minimum atomic E-state index is -0.0137. The van der Waals surface area contributed by atoms with Crippen molar-refractivity contribution >= 4 is 11.6 Å². The lowest BCUT2D eigenvalue weighted by molar-refractivity contribution is 0.0714. The summed E-state index contributed by atoms with van der Waals surface area (Å²) in [5.74, 6) is -0.0137. The highest BCUT2D eigenvalue weighted by Crippen LogP contribution is 2.45. The van der Waals surface area contributed by atoms with Crippen LogP contribution in [0.5, 0.6) is 0 Å². The SMILES string of the molecule is CNc1cnccc1C(=O)NC1CC(C)(C)CC(C)(C)C1. The second-order valence-electron chi connectivity index (χ2n) is 7.76. The van der Waals surface area contributed by atoms with Crippen LogP contribution in [0.4, 0.5) is 5.69 Å². The fraction of sp³-hybridized carbons (Fsp3) is 0.647. The number of pyridine rings is 1. The van der Waals surface area contributed by atoms with E-state index in [-0.39, 0.29) is 22.8 Å². The second-order valence-corrected chi connectivity index (χ2v) is 7.76. The van der Waals surface area contributed by atoms with Crippen LogP contribution in [0, 0.1) is 10.8 Å². The van der Waals surface area contributed by atoms with Crippen LogP contribution in [0.25, 0.3) is 0 Å². The summed E-state index contributed by atoms with van der Waals surface area (Å²) in [6, 6.07) is 1.99. The molecule has 1 aliphatic carbocycles. The lowest BCUT2D eigenvalue weighted by Gasteiger charge is -2.45. The summed E-state index contributed by atoms with van der Waals surface area (Å²) in [7, 11) is 1.81. The maximum atomic E-state index is 12.5. The molecule has 0 aliphatic heterocycles. The molecule has 4 heteroatoms. The van der Waals surface area contributed by atoms with Crippen molar-refractivity contribution in [2.24, 2.45) is 10.8 Å². The smallest absolute Gasteiger partial charge is 0.253 e. The molecule has 2 N–H and O–H groups in total. The molecule has 2 rings (SSSR count). The highest BCUT2D eigenvalue weighted by atomic mass is 16.1. The average molecular weight is 289 g/mol. The number of nitrogens with zero attached hydrogens (tertiary/aromatic N) is 1. The summed E-state index contributed by atoms with van der Waals surface area (Å²) < 4.78 is 0. The van der Waals surface area contributed by atoms with Gasteiger partial charge in [-0.15, -0.1) is 0 Å². The second kappa shape index (κ2) is 5.66. The Morgan fingerprint density at radius 2 is 1.86 bits per heavy atom. The Labute approximate surface area is 127 Å². The molecule has 1 aromatic heterocycles. The first-order valence-corrected chi connectivity index (χ1v) is 7.65. The number of aromatic nitrogens is 1. The molecular weight excluding hydrogens is 262 g/mol. The van der Waals surface area contributed by atoms with Gasteiger partial charge >= 0.3 is 0 Å². The Morgan fingerprint density at radius 3 is 2.43 bits per heavy atom. The van der Waals surface area contributed by atoms with Gasteiger partial charge in [0.05, 0.1) is 17.4 Å².